The summed E-state index contributed by atoms with van der Waals surface area (Å²) in [6, 6.07) is 0. The van der Waals surface area contributed by atoms with E-state index in [4.69, 9.17) is 10.8 Å². The third-order valence-corrected chi connectivity index (χ3v) is 3.43. The Hall–Kier alpha value is -0.610. The lowest BCUT2D eigenvalue weighted by Crippen LogP contribution is -2.34. The SMILES string of the molecule is NCC1CCC(C(=O)NCCCCO)CC1. The molecule has 0 radical (unpaired) electrons. The van der Waals surface area contributed by atoms with Crippen LogP contribution in [0.15, 0.2) is 0 Å². The first kappa shape index (κ1) is 13.5. The Morgan fingerprint density at radius 2 is 1.94 bits per heavy atom. The van der Waals surface area contributed by atoms with Gasteiger partial charge in [-0.1, -0.05) is 0 Å². The molecule has 0 spiro atoms. The van der Waals surface area contributed by atoms with Crippen LogP contribution in [0.5, 0.6) is 0 Å². The van der Waals surface area contributed by atoms with Gasteiger partial charge in [-0.05, 0) is 51.0 Å². The van der Waals surface area contributed by atoms with Gasteiger partial charge in [0.15, 0.2) is 0 Å². The number of hydrogen-bond acceptors (Lipinski definition) is 3. The van der Waals surface area contributed by atoms with Gasteiger partial charge in [0.05, 0.1) is 0 Å². The quantitative estimate of drug-likeness (QED) is 0.584. The molecule has 0 aromatic rings. The highest BCUT2D eigenvalue weighted by molar-refractivity contribution is 5.78. The molecule has 0 aromatic heterocycles. The molecule has 4 nitrogen and oxygen atoms in total. The van der Waals surface area contributed by atoms with Crippen LogP contribution >= 0.6 is 0 Å². The van der Waals surface area contributed by atoms with Crippen LogP contribution in [-0.2, 0) is 4.79 Å². The second-order valence-corrected chi connectivity index (χ2v) is 4.68. The van der Waals surface area contributed by atoms with E-state index in [1.807, 2.05) is 0 Å². The Morgan fingerprint density at radius 3 is 2.50 bits per heavy atom. The number of amides is 1. The number of nitrogens with two attached hydrogens (primary N) is 1. The van der Waals surface area contributed by atoms with Crippen molar-refractivity contribution in [2.45, 2.75) is 38.5 Å². The van der Waals surface area contributed by atoms with Crippen molar-refractivity contribution in [1.82, 2.24) is 5.32 Å². The summed E-state index contributed by atoms with van der Waals surface area (Å²) >= 11 is 0. The van der Waals surface area contributed by atoms with Crippen LogP contribution in [-0.4, -0.2) is 30.7 Å². The average Bonchev–Trinajstić information content (AvgIpc) is 2.34. The fraction of sp³-hybridized carbons (Fsp3) is 0.917. The molecule has 94 valence electrons. The maximum absolute atomic E-state index is 11.8. The number of aliphatic hydroxyl groups excluding tert-OH is 1. The number of aliphatic hydroxyl groups is 1. The highest BCUT2D eigenvalue weighted by atomic mass is 16.2. The standard InChI is InChI=1S/C12H24N2O2/c13-9-10-3-5-11(6-4-10)12(16)14-7-1-2-8-15/h10-11,15H,1-9,13H2,(H,14,16). The molecule has 0 atom stereocenters. The minimum absolute atomic E-state index is 0.188. The largest absolute Gasteiger partial charge is 0.396 e. The van der Waals surface area contributed by atoms with Crippen LogP contribution in [0.1, 0.15) is 38.5 Å². The zero-order valence-corrected chi connectivity index (χ0v) is 9.95. The molecular formula is C12H24N2O2. The molecule has 1 fully saturated rings. The summed E-state index contributed by atoms with van der Waals surface area (Å²) in [5.41, 5.74) is 5.61. The predicted octanol–water partition coefficient (Wildman–Crippen LogP) is 0.640. The maximum atomic E-state index is 11.8. The summed E-state index contributed by atoms with van der Waals surface area (Å²) in [4.78, 5) is 11.8. The molecule has 1 amide bonds. The second kappa shape index (κ2) is 7.63. The van der Waals surface area contributed by atoms with E-state index in [0.29, 0.717) is 12.5 Å². The van der Waals surface area contributed by atoms with Crippen LogP contribution in [0.4, 0.5) is 0 Å². The summed E-state index contributed by atoms with van der Waals surface area (Å²) in [6.07, 6.45) is 5.76. The Bertz CT molecular complexity index is 201. The summed E-state index contributed by atoms with van der Waals surface area (Å²) in [5.74, 6) is 1.00. The van der Waals surface area contributed by atoms with Crippen molar-refractivity contribution in [3.8, 4) is 0 Å². The molecule has 0 saturated heterocycles. The van der Waals surface area contributed by atoms with E-state index in [0.717, 1.165) is 45.1 Å². The van der Waals surface area contributed by atoms with Crippen molar-refractivity contribution in [1.29, 1.82) is 0 Å². The summed E-state index contributed by atoms with van der Waals surface area (Å²) in [6.45, 7) is 1.65. The van der Waals surface area contributed by atoms with Gasteiger partial charge in [0.2, 0.25) is 5.91 Å². The minimum atomic E-state index is 0.188. The second-order valence-electron chi connectivity index (χ2n) is 4.68. The first-order chi connectivity index (χ1) is 7.77. The molecule has 0 bridgehead atoms. The number of nitrogens with one attached hydrogen (secondary N) is 1. The Labute approximate surface area is 97.6 Å². The van der Waals surface area contributed by atoms with Crippen molar-refractivity contribution in [2.24, 2.45) is 17.6 Å². The summed E-state index contributed by atoms with van der Waals surface area (Å²) in [5, 5.41) is 11.6. The van der Waals surface area contributed by atoms with Gasteiger partial charge in [0.1, 0.15) is 0 Å². The van der Waals surface area contributed by atoms with E-state index in [-0.39, 0.29) is 18.4 Å². The Kier molecular flexibility index (Phi) is 6.42. The van der Waals surface area contributed by atoms with Gasteiger partial charge in [-0.15, -0.1) is 0 Å². The molecule has 4 heteroatoms. The first-order valence-corrected chi connectivity index (χ1v) is 6.36. The fourth-order valence-corrected chi connectivity index (χ4v) is 2.25. The highest BCUT2D eigenvalue weighted by Crippen LogP contribution is 2.28. The fourth-order valence-electron chi connectivity index (χ4n) is 2.25. The molecule has 1 aliphatic carbocycles. The van der Waals surface area contributed by atoms with Crippen LogP contribution in [0.2, 0.25) is 0 Å². The number of rotatable bonds is 6. The Morgan fingerprint density at radius 1 is 1.25 bits per heavy atom. The number of carbonyl (C=O) groups excluding carboxylic acids is 1. The summed E-state index contributed by atoms with van der Waals surface area (Å²) < 4.78 is 0. The molecule has 0 unspecified atom stereocenters. The van der Waals surface area contributed by atoms with E-state index < -0.39 is 0 Å². The predicted molar refractivity (Wildman–Crippen MR) is 63.8 cm³/mol. The van der Waals surface area contributed by atoms with Gasteiger partial charge in [-0.25, -0.2) is 0 Å². The monoisotopic (exact) mass is 228 g/mol. The van der Waals surface area contributed by atoms with Gasteiger partial charge >= 0.3 is 0 Å². The molecule has 0 heterocycles. The van der Waals surface area contributed by atoms with Crippen LogP contribution < -0.4 is 11.1 Å². The highest BCUT2D eigenvalue weighted by Gasteiger charge is 2.25. The van der Waals surface area contributed by atoms with Gasteiger partial charge in [-0.2, -0.15) is 0 Å². The normalized spacial score (nSPS) is 25.4. The third-order valence-electron chi connectivity index (χ3n) is 3.43. The lowest BCUT2D eigenvalue weighted by Gasteiger charge is -2.26. The van der Waals surface area contributed by atoms with Gasteiger partial charge in [-0.3, -0.25) is 4.79 Å². The number of unbranched alkanes of at least 4 members (excludes halogenated alkanes) is 1. The van der Waals surface area contributed by atoms with Gasteiger partial charge in [0.25, 0.3) is 0 Å². The molecule has 16 heavy (non-hydrogen) atoms. The van der Waals surface area contributed by atoms with E-state index in [2.05, 4.69) is 5.32 Å². The third kappa shape index (κ3) is 4.49. The topological polar surface area (TPSA) is 75.4 Å². The molecular weight excluding hydrogens is 204 g/mol. The number of hydrogen-bond donors (Lipinski definition) is 3. The lowest BCUT2D eigenvalue weighted by atomic mass is 9.81. The smallest absolute Gasteiger partial charge is 0.223 e. The van der Waals surface area contributed by atoms with Crippen molar-refractivity contribution in [2.75, 3.05) is 19.7 Å². The molecule has 1 saturated carbocycles. The zero-order valence-electron chi connectivity index (χ0n) is 9.95. The van der Waals surface area contributed by atoms with E-state index in [1.165, 1.54) is 0 Å². The lowest BCUT2D eigenvalue weighted by molar-refractivity contribution is -0.126. The number of carbonyl (C=O) groups is 1. The van der Waals surface area contributed by atoms with Crippen molar-refractivity contribution in [3.63, 3.8) is 0 Å². The van der Waals surface area contributed by atoms with Crippen LogP contribution in [0.25, 0.3) is 0 Å². The zero-order chi connectivity index (χ0) is 11.8. The Balaban J connectivity index is 2.13. The average molecular weight is 228 g/mol. The van der Waals surface area contributed by atoms with E-state index in [1.54, 1.807) is 0 Å². The minimum Gasteiger partial charge on any atom is -0.396 e. The van der Waals surface area contributed by atoms with Crippen molar-refractivity contribution >= 4 is 5.91 Å². The first-order valence-electron chi connectivity index (χ1n) is 6.36. The van der Waals surface area contributed by atoms with Gasteiger partial charge < -0.3 is 16.2 Å². The van der Waals surface area contributed by atoms with Crippen molar-refractivity contribution in [3.05, 3.63) is 0 Å². The van der Waals surface area contributed by atoms with Crippen molar-refractivity contribution < 1.29 is 9.90 Å². The summed E-state index contributed by atoms with van der Waals surface area (Å²) in [7, 11) is 0. The van der Waals surface area contributed by atoms with Crippen LogP contribution in [0.3, 0.4) is 0 Å². The van der Waals surface area contributed by atoms with E-state index >= 15 is 0 Å². The van der Waals surface area contributed by atoms with Crippen LogP contribution in [0, 0.1) is 11.8 Å². The van der Waals surface area contributed by atoms with E-state index in [9.17, 15) is 4.79 Å². The van der Waals surface area contributed by atoms with Gasteiger partial charge in [0, 0.05) is 19.1 Å². The maximum Gasteiger partial charge on any atom is 0.223 e. The molecule has 1 rings (SSSR count). The molecule has 1 aliphatic rings. The molecule has 0 aromatic carbocycles. The molecule has 0 aliphatic heterocycles. The molecule has 4 N–H and O–H groups in total.